The predicted molar refractivity (Wildman–Crippen MR) is 32.4 cm³/mol. The number of H-pyrrole nitrogens is 1. The standard InChI is InChI=1S/C5H4N4O2/c1-11-5(10)4-7-3(2-6)8-9-4/h1H3,(H,7,8,9). The number of nitrogens with zero attached hydrogens (tertiary/aromatic N) is 3. The van der Waals surface area contributed by atoms with Crippen molar-refractivity contribution in [2.45, 2.75) is 0 Å². The zero-order valence-electron chi connectivity index (χ0n) is 5.66. The van der Waals surface area contributed by atoms with E-state index in [-0.39, 0.29) is 11.6 Å². The Morgan fingerprint density at radius 1 is 1.82 bits per heavy atom. The van der Waals surface area contributed by atoms with Crippen LogP contribution in [0.2, 0.25) is 0 Å². The van der Waals surface area contributed by atoms with Crippen LogP contribution in [0.1, 0.15) is 16.4 Å². The zero-order chi connectivity index (χ0) is 8.27. The van der Waals surface area contributed by atoms with Crippen molar-refractivity contribution in [1.29, 1.82) is 5.26 Å². The second kappa shape index (κ2) is 2.79. The van der Waals surface area contributed by atoms with E-state index in [2.05, 4.69) is 19.9 Å². The second-order valence-corrected chi connectivity index (χ2v) is 1.61. The minimum Gasteiger partial charge on any atom is -0.463 e. The summed E-state index contributed by atoms with van der Waals surface area (Å²) in [4.78, 5) is 14.2. The van der Waals surface area contributed by atoms with Gasteiger partial charge in [0.2, 0.25) is 5.82 Å². The van der Waals surface area contributed by atoms with E-state index in [9.17, 15) is 4.79 Å². The molecule has 11 heavy (non-hydrogen) atoms. The molecule has 1 heterocycles. The average Bonchev–Trinajstić information content (AvgIpc) is 2.50. The highest BCUT2D eigenvalue weighted by molar-refractivity contribution is 5.84. The van der Waals surface area contributed by atoms with E-state index in [1.165, 1.54) is 7.11 Å². The van der Waals surface area contributed by atoms with Gasteiger partial charge in [0.25, 0.3) is 5.82 Å². The summed E-state index contributed by atoms with van der Waals surface area (Å²) in [7, 11) is 1.22. The molecule has 0 bridgehead atoms. The van der Waals surface area contributed by atoms with Gasteiger partial charge in [-0.3, -0.25) is 5.10 Å². The maximum atomic E-state index is 10.7. The number of hydrogen-bond acceptors (Lipinski definition) is 5. The molecule has 6 heteroatoms. The molecule has 0 aliphatic heterocycles. The number of carbonyl (C=O) groups excluding carboxylic acids is 1. The van der Waals surface area contributed by atoms with Crippen molar-refractivity contribution in [2.75, 3.05) is 7.11 Å². The fraction of sp³-hybridized carbons (Fsp3) is 0.200. The summed E-state index contributed by atoms with van der Waals surface area (Å²) in [5, 5.41) is 13.9. The highest BCUT2D eigenvalue weighted by Gasteiger charge is 2.10. The summed E-state index contributed by atoms with van der Waals surface area (Å²) in [5.41, 5.74) is 0. The number of esters is 1. The van der Waals surface area contributed by atoms with E-state index in [1.807, 2.05) is 0 Å². The van der Waals surface area contributed by atoms with Crippen LogP contribution in [0, 0.1) is 11.3 Å². The van der Waals surface area contributed by atoms with Crippen LogP contribution in [-0.2, 0) is 4.74 Å². The first kappa shape index (κ1) is 7.21. The molecule has 0 unspecified atom stereocenters. The smallest absolute Gasteiger partial charge is 0.375 e. The topological polar surface area (TPSA) is 91.7 Å². The van der Waals surface area contributed by atoms with Crippen molar-refractivity contribution < 1.29 is 9.53 Å². The number of aromatic nitrogens is 3. The summed E-state index contributed by atoms with van der Waals surface area (Å²) in [6.45, 7) is 0. The molecule has 0 atom stereocenters. The van der Waals surface area contributed by atoms with Gasteiger partial charge >= 0.3 is 5.97 Å². The van der Waals surface area contributed by atoms with E-state index in [1.54, 1.807) is 6.07 Å². The summed E-state index contributed by atoms with van der Waals surface area (Å²) in [5.74, 6) is -0.784. The average molecular weight is 152 g/mol. The van der Waals surface area contributed by atoms with Gasteiger partial charge in [-0.05, 0) is 0 Å². The molecule has 0 aliphatic carbocycles. The number of hydrogen-bond donors (Lipinski definition) is 1. The molecule has 1 aromatic rings. The molecule has 0 aliphatic rings. The van der Waals surface area contributed by atoms with E-state index in [0.29, 0.717) is 0 Å². The van der Waals surface area contributed by atoms with Gasteiger partial charge in [-0.2, -0.15) is 10.2 Å². The Morgan fingerprint density at radius 3 is 3.00 bits per heavy atom. The summed E-state index contributed by atoms with van der Waals surface area (Å²) < 4.78 is 4.31. The number of ether oxygens (including phenoxy) is 1. The van der Waals surface area contributed by atoms with Crippen LogP contribution >= 0.6 is 0 Å². The Balaban J connectivity index is 2.91. The molecule has 0 aromatic carbocycles. The zero-order valence-corrected chi connectivity index (χ0v) is 5.66. The Bertz CT molecular complexity index is 311. The van der Waals surface area contributed by atoms with Gasteiger partial charge in [0.05, 0.1) is 7.11 Å². The molecule has 0 fully saturated rings. The lowest BCUT2D eigenvalue weighted by Crippen LogP contribution is -2.03. The van der Waals surface area contributed by atoms with Crippen LogP contribution in [0.4, 0.5) is 0 Å². The molecule has 0 saturated carbocycles. The normalized spacial score (nSPS) is 8.73. The van der Waals surface area contributed by atoms with Gasteiger partial charge in [-0.15, -0.1) is 5.10 Å². The number of carbonyl (C=O) groups is 1. The summed E-state index contributed by atoms with van der Waals surface area (Å²) >= 11 is 0. The van der Waals surface area contributed by atoms with Gasteiger partial charge < -0.3 is 4.74 Å². The van der Waals surface area contributed by atoms with E-state index >= 15 is 0 Å². The predicted octanol–water partition coefficient (Wildman–Crippen LogP) is -0.537. The largest absolute Gasteiger partial charge is 0.463 e. The minimum absolute atomic E-state index is 0.0657. The van der Waals surface area contributed by atoms with Crippen LogP contribution in [0.5, 0.6) is 0 Å². The molecule has 1 N–H and O–H groups in total. The Hall–Kier alpha value is -1.90. The number of nitrogens with one attached hydrogen (secondary N) is 1. The third-order valence-electron chi connectivity index (χ3n) is 0.964. The van der Waals surface area contributed by atoms with Crippen molar-refractivity contribution in [1.82, 2.24) is 15.2 Å². The van der Waals surface area contributed by atoms with Gasteiger partial charge in [0.1, 0.15) is 6.07 Å². The first-order valence-electron chi connectivity index (χ1n) is 2.68. The molecule has 0 radical (unpaired) electrons. The highest BCUT2D eigenvalue weighted by Crippen LogP contribution is 1.92. The van der Waals surface area contributed by atoms with Crippen molar-refractivity contribution in [2.24, 2.45) is 0 Å². The van der Waals surface area contributed by atoms with Crippen molar-refractivity contribution in [3.05, 3.63) is 11.6 Å². The Kier molecular flexibility index (Phi) is 1.83. The van der Waals surface area contributed by atoms with Gasteiger partial charge in [0, 0.05) is 0 Å². The van der Waals surface area contributed by atoms with E-state index < -0.39 is 5.97 Å². The SMILES string of the molecule is COC(=O)c1nc(C#N)n[nH]1. The lowest BCUT2D eigenvalue weighted by molar-refractivity contribution is 0.0587. The fourth-order valence-electron chi connectivity index (χ4n) is 0.500. The number of aromatic amines is 1. The Morgan fingerprint density at radius 2 is 2.55 bits per heavy atom. The van der Waals surface area contributed by atoms with E-state index in [0.717, 1.165) is 0 Å². The number of methoxy groups -OCH3 is 1. The molecular weight excluding hydrogens is 148 g/mol. The maximum absolute atomic E-state index is 10.7. The highest BCUT2D eigenvalue weighted by atomic mass is 16.5. The quantitative estimate of drug-likeness (QED) is 0.545. The third kappa shape index (κ3) is 1.32. The molecule has 56 valence electrons. The van der Waals surface area contributed by atoms with Crippen LogP contribution in [0.25, 0.3) is 0 Å². The fourth-order valence-corrected chi connectivity index (χ4v) is 0.500. The van der Waals surface area contributed by atoms with Crippen molar-refractivity contribution >= 4 is 5.97 Å². The molecule has 0 saturated heterocycles. The molecule has 1 aromatic heterocycles. The first-order valence-corrected chi connectivity index (χ1v) is 2.68. The molecule has 6 nitrogen and oxygen atoms in total. The van der Waals surface area contributed by atoms with Crippen molar-refractivity contribution in [3.8, 4) is 6.07 Å². The molecule has 1 rings (SSSR count). The van der Waals surface area contributed by atoms with Crippen LogP contribution in [0.15, 0.2) is 0 Å². The lowest BCUT2D eigenvalue weighted by atomic mass is 10.6. The number of nitriles is 1. The molecular formula is C5H4N4O2. The van der Waals surface area contributed by atoms with Gasteiger partial charge in [-0.25, -0.2) is 4.79 Å². The van der Waals surface area contributed by atoms with Crippen molar-refractivity contribution in [3.63, 3.8) is 0 Å². The maximum Gasteiger partial charge on any atom is 0.375 e. The lowest BCUT2D eigenvalue weighted by Gasteiger charge is -1.88. The minimum atomic E-state index is -0.640. The van der Waals surface area contributed by atoms with Crippen LogP contribution in [-0.4, -0.2) is 28.3 Å². The summed E-state index contributed by atoms with van der Waals surface area (Å²) in [6.07, 6.45) is 0. The first-order chi connectivity index (χ1) is 5.27. The molecule has 0 spiro atoms. The van der Waals surface area contributed by atoms with Crippen LogP contribution in [0.3, 0.4) is 0 Å². The van der Waals surface area contributed by atoms with Crippen LogP contribution < -0.4 is 0 Å². The second-order valence-electron chi connectivity index (χ2n) is 1.61. The number of rotatable bonds is 1. The summed E-state index contributed by atoms with van der Waals surface area (Å²) in [6, 6.07) is 1.67. The Labute approximate surface area is 61.8 Å². The molecule has 0 amide bonds. The third-order valence-corrected chi connectivity index (χ3v) is 0.964. The monoisotopic (exact) mass is 152 g/mol. The van der Waals surface area contributed by atoms with Gasteiger partial charge in [0.15, 0.2) is 0 Å². The van der Waals surface area contributed by atoms with E-state index in [4.69, 9.17) is 5.26 Å². The van der Waals surface area contributed by atoms with Gasteiger partial charge in [-0.1, -0.05) is 0 Å².